The van der Waals surface area contributed by atoms with Gasteiger partial charge in [-0.25, -0.2) is 0 Å². The van der Waals surface area contributed by atoms with Crippen LogP contribution in [0.15, 0.2) is 48.5 Å². The SMILES string of the molecule is COC(=O)C1CN(C(=O)/C=C/c2cccc([N+](=O)[O-])c2-c2ccccc2C(C)C)CCC1O. The van der Waals surface area contributed by atoms with Crippen molar-refractivity contribution in [3.63, 3.8) is 0 Å². The second-order valence-corrected chi connectivity index (χ2v) is 8.34. The van der Waals surface area contributed by atoms with E-state index in [2.05, 4.69) is 0 Å². The lowest BCUT2D eigenvalue weighted by Crippen LogP contribution is -2.48. The number of nitro benzene ring substituents is 1. The number of ether oxygens (including phenoxy) is 1. The molecular weight excluding hydrogens is 424 g/mol. The van der Waals surface area contributed by atoms with E-state index >= 15 is 0 Å². The number of aliphatic hydroxyl groups excluding tert-OH is 1. The van der Waals surface area contributed by atoms with Crippen LogP contribution in [-0.2, 0) is 14.3 Å². The van der Waals surface area contributed by atoms with Gasteiger partial charge in [-0.1, -0.05) is 50.2 Å². The Labute approximate surface area is 192 Å². The Balaban J connectivity index is 1.96. The highest BCUT2D eigenvalue weighted by Gasteiger charge is 2.35. The molecule has 8 heteroatoms. The number of hydrogen-bond donors (Lipinski definition) is 1. The van der Waals surface area contributed by atoms with E-state index in [9.17, 15) is 24.8 Å². The Morgan fingerprint density at radius 1 is 1.21 bits per heavy atom. The van der Waals surface area contributed by atoms with Gasteiger partial charge in [0.1, 0.15) is 5.92 Å². The second-order valence-electron chi connectivity index (χ2n) is 8.34. The van der Waals surface area contributed by atoms with E-state index in [1.54, 1.807) is 18.2 Å². The van der Waals surface area contributed by atoms with E-state index in [1.165, 1.54) is 24.2 Å². The highest BCUT2D eigenvalue weighted by atomic mass is 16.6. The molecule has 1 aliphatic rings. The zero-order valence-corrected chi connectivity index (χ0v) is 18.9. The number of aliphatic hydroxyl groups is 1. The molecule has 2 aromatic carbocycles. The number of amides is 1. The molecule has 3 rings (SSSR count). The van der Waals surface area contributed by atoms with E-state index in [0.717, 1.165) is 11.1 Å². The third kappa shape index (κ3) is 5.28. The number of carbonyl (C=O) groups excluding carboxylic acids is 2. The van der Waals surface area contributed by atoms with Crippen LogP contribution in [0.5, 0.6) is 0 Å². The molecule has 1 aliphatic heterocycles. The van der Waals surface area contributed by atoms with Gasteiger partial charge in [-0.15, -0.1) is 0 Å². The Bertz CT molecular complexity index is 1080. The van der Waals surface area contributed by atoms with Crippen molar-refractivity contribution in [1.29, 1.82) is 0 Å². The minimum atomic E-state index is -0.860. The molecule has 2 unspecified atom stereocenters. The molecule has 0 aliphatic carbocycles. The Hall–Kier alpha value is -3.52. The summed E-state index contributed by atoms with van der Waals surface area (Å²) in [5.41, 5.74) is 2.69. The monoisotopic (exact) mass is 452 g/mol. The van der Waals surface area contributed by atoms with Crippen molar-refractivity contribution in [3.05, 3.63) is 69.8 Å². The minimum absolute atomic E-state index is 0.0375. The highest BCUT2D eigenvalue weighted by molar-refractivity contribution is 5.95. The van der Waals surface area contributed by atoms with Gasteiger partial charge in [-0.3, -0.25) is 19.7 Å². The first-order valence-corrected chi connectivity index (χ1v) is 10.8. The van der Waals surface area contributed by atoms with Crippen molar-refractivity contribution in [1.82, 2.24) is 4.90 Å². The van der Waals surface area contributed by atoms with Gasteiger partial charge in [-0.05, 0) is 35.1 Å². The fourth-order valence-electron chi connectivity index (χ4n) is 4.16. The number of esters is 1. The summed E-state index contributed by atoms with van der Waals surface area (Å²) in [5.74, 6) is -1.55. The van der Waals surface area contributed by atoms with E-state index < -0.39 is 22.9 Å². The van der Waals surface area contributed by atoms with E-state index in [-0.39, 0.29) is 30.5 Å². The maximum atomic E-state index is 12.8. The van der Waals surface area contributed by atoms with Crippen molar-refractivity contribution in [3.8, 4) is 11.1 Å². The van der Waals surface area contributed by atoms with Gasteiger partial charge >= 0.3 is 5.97 Å². The summed E-state index contributed by atoms with van der Waals surface area (Å²) in [4.78, 5) is 37.6. The van der Waals surface area contributed by atoms with Crippen LogP contribution >= 0.6 is 0 Å². The lowest BCUT2D eigenvalue weighted by atomic mass is 9.89. The van der Waals surface area contributed by atoms with Gasteiger partial charge in [-0.2, -0.15) is 0 Å². The summed E-state index contributed by atoms with van der Waals surface area (Å²) in [6.07, 6.45) is 2.33. The highest BCUT2D eigenvalue weighted by Crippen LogP contribution is 2.38. The maximum absolute atomic E-state index is 12.8. The second kappa shape index (κ2) is 10.4. The van der Waals surface area contributed by atoms with Crippen LogP contribution in [0.1, 0.15) is 37.3 Å². The molecular formula is C25H28N2O6. The number of nitrogens with zero attached hydrogens (tertiary/aromatic N) is 2. The fraction of sp³-hybridized carbons (Fsp3) is 0.360. The summed E-state index contributed by atoms with van der Waals surface area (Å²) in [6.45, 7) is 4.40. The lowest BCUT2D eigenvalue weighted by Gasteiger charge is -2.34. The molecule has 0 spiro atoms. The van der Waals surface area contributed by atoms with Crippen molar-refractivity contribution in [2.24, 2.45) is 5.92 Å². The summed E-state index contributed by atoms with van der Waals surface area (Å²) in [7, 11) is 1.24. The molecule has 2 aromatic rings. The molecule has 33 heavy (non-hydrogen) atoms. The summed E-state index contributed by atoms with van der Waals surface area (Å²) >= 11 is 0. The number of methoxy groups -OCH3 is 1. The fourth-order valence-corrected chi connectivity index (χ4v) is 4.16. The molecule has 8 nitrogen and oxygen atoms in total. The molecule has 0 bridgehead atoms. The van der Waals surface area contributed by atoms with Crippen molar-refractivity contribution in [2.45, 2.75) is 32.3 Å². The quantitative estimate of drug-likeness (QED) is 0.309. The molecule has 2 atom stereocenters. The average Bonchev–Trinajstić information content (AvgIpc) is 2.81. The van der Waals surface area contributed by atoms with Crippen LogP contribution < -0.4 is 0 Å². The molecule has 0 aromatic heterocycles. The standard InChI is InChI=1S/C25H28N2O6/c1-16(2)18-8-4-5-9-19(18)24-17(7-6-10-21(24)27(31)32)11-12-23(29)26-14-13-22(28)20(15-26)25(30)33-3/h4-12,16,20,22,28H,13-15H2,1-3H3/b12-11+. The van der Waals surface area contributed by atoms with Gasteiger partial charge in [0.05, 0.1) is 23.7 Å². The van der Waals surface area contributed by atoms with Crippen LogP contribution in [0.2, 0.25) is 0 Å². The predicted molar refractivity (Wildman–Crippen MR) is 124 cm³/mol. The van der Waals surface area contributed by atoms with Crippen LogP contribution in [0.3, 0.4) is 0 Å². The topological polar surface area (TPSA) is 110 Å². The van der Waals surface area contributed by atoms with Crippen molar-refractivity contribution in [2.75, 3.05) is 20.2 Å². The number of benzene rings is 2. The normalized spacial score (nSPS) is 18.5. The van der Waals surface area contributed by atoms with Crippen molar-refractivity contribution >= 4 is 23.6 Å². The first-order valence-electron chi connectivity index (χ1n) is 10.8. The largest absolute Gasteiger partial charge is 0.469 e. The van der Waals surface area contributed by atoms with Crippen LogP contribution in [-0.4, -0.2) is 53.1 Å². The van der Waals surface area contributed by atoms with Gasteiger partial charge in [0.15, 0.2) is 0 Å². The lowest BCUT2D eigenvalue weighted by molar-refractivity contribution is -0.384. The summed E-state index contributed by atoms with van der Waals surface area (Å²) in [5, 5.41) is 21.9. The minimum Gasteiger partial charge on any atom is -0.469 e. The van der Waals surface area contributed by atoms with Gasteiger partial charge in [0.2, 0.25) is 5.91 Å². The van der Waals surface area contributed by atoms with E-state index in [4.69, 9.17) is 4.74 Å². The van der Waals surface area contributed by atoms with Crippen LogP contribution in [0.4, 0.5) is 5.69 Å². The first-order chi connectivity index (χ1) is 15.7. The zero-order chi connectivity index (χ0) is 24.1. The van der Waals surface area contributed by atoms with Gasteiger partial charge in [0, 0.05) is 25.2 Å². The summed E-state index contributed by atoms with van der Waals surface area (Å²) < 4.78 is 4.73. The Morgan fingerprint density at radius 2 is 1.94 bits per heavy atom. The molecule has 174 valence electrons. The number of rotatable bonds is 6. The average molecular weight is 453 g/mol. The zero-order valence-electron chi connectivity index (χ0n) is 18.9. The van der Waals surface area contributed by atoms with Crippen LogP contribution in [0.25, 0.3) is 17.2 Å². The molecule has 1 amide bonds. The molecule has 1 fully saturated rings. The third-order valence-electron chi connectivity index (χ3n) is 5.92. The number of carbonyl (C=O) groups is 2. The molecule has 1 heterocycles. The van der Waals surface area contributed by atoms with E-state index in [1.807, 2.05) is 38.1 Å². The van der Waals surface area contributed by atoms with Gasteiger partial charge in [0.25, 0.3) is 5.69 Å². The number of hydrogen-bond acceptors (Lipinski definition) is 6. The molecule has 1 N–H and O–H groups in total. The molecule has 0 saturated carbocycles. The predicted octanol–water partition coefficient (Wildman–Crippen LogP) is 3.78. The van der Waals surface area contributed by atoms with Gasteiger partial charge < -0.3 is 14.7 Å². The first kappa shape index (κ1) is 24.1. The number of piperidine rings is 1. The number of nitro groups is 1. The molecule has 1 saturated heterocycles. The van der Waals surface area contributed by atoms with E-state index in [0.29, 0.717) is 17.7 Å². The molecule has 0 radical (unpaired) electrons. The Morgan fingerprint density at radius 3 is 2.61 bits per heavy atom. The smallest absolute Gasteiger partial charge is 0.313 e. The summed E-state index contributed by atoms with van der Waals surface area (Å²) in [6, 6.07) is 12.3. The van der Waals surface area contributed by atoms with Crippen molar-refractivity contribution < 1.29 is 24.4 Å². The maximum Gasteiger partial charge on any atom is 0.313 e. The Kier molecular flexibility index (Phi) is 7.60. The number of likely N-dealkylation sites (tertiary alicyclic amines) is 1. The third-order valence-corrected chi connectivity index (χ3v) is 5.92. The van der Waals surface area contributed by atoms with Crippen LogP contribution in [0, 0.1) is 16.0 Å².